The molecule has 0 spiro atoms. The van der Waals surface area contributed by atoms with E-state index in [0.717, 1.165) is 5.56 Å². The summed E-state index contributed by atoms with van der Waals surface area (Å²) in [6.45, 7) is 4.78. The van der Waals surface area contributed by atoms with Crippen LogP contribution in [0.3, 0.4) is 0 Å². The van der Waals surface area contributed by atoms with E-state index in [-0.39, 0.29) is 6.61 Å². The van der Waals surface area contributed by atoms with Crippen molar-refractivity contribution in [3.63, 3.8) is 0 Å². The summed E-state index contributed by atoms with van der Waals surface area (Å²) in [7, 11) is 0. The van der Waals surface area contributed by atoms with Gasteiger partial charge in [0.05, 0.1) is 37.6 Å². The summed E-state index contributed by atoms with van der Waals surface area (Å²) in [5.41, 5.74) is 7.18. The molecule has 1 heterocycles. The van der Waals surface area contributed by atoms with E-state index < -0.39 is 11.6 Å². The molecule has 0 aliphatic carbocycles. The second-order valence-electron chi connectivity index (χ2n) is 5.70. The van der Waals surface area contributed by atoms with Crippen molar-refractivity contribution in [2.45, 2.75) is 38.6 Å². The van der Waals surface area contributed by atoms with Crippen molar-refractivity contribution >= 4 is 0 Å². The summed E-state index contributed by atoms with van der Waals surface area (Å²) >= 11 is 0. The minimum atomic E-state index is -0.635. The van der Waals surface area contributed by atoms with E-state index in [1.165, 1.54) is 0 Å². The van der Waals surface area contributed by atoms with Crippen molar-refractivity contribution < 1.29 is 9.84 Å². The Morgan fingerprint density at radius 3 is 2.67 bits per heavy atom. The number of rotatable bonds is 7. The van der Waals surface area contributed by atoms with Crippen molar-refractivity contribution in [2.24, 2.45) is 5.73 Å². The third kappa shape index (κ3) is 4.93. The number of aromatic nitrogens is 3. The van der Waals surface area contributed by atoms with E-state index in [9.17, 15) is 5.11 Å². The summed E-state index contributed by atoms with van der Waals surface area (Å²) < 4.78 is 7.08. The molecule has 21 heavy (non-hydrogen) atoms. The van der Waals surface area contributed by atoms with E-state index in [1.54, 1.807) is 10.9 Å². The molecule has 6 heteroatoms. The first kappa shape index (κ1) is 15.6. The van der Waals surface area contributed by atoms with E-state index >= 15 is 0 Å². The van der Waals surface area contributed by atoms with Gasteiger partial charge in [-0.05, 0) is 19.4 Å². The quantitative estimate of drug-likeness (QED) is 0.796. The number of hydrogen-bond donors (Lipinski definition) is 2. The van der Waals surface area contributed by atoms with Crippen LogP contribution in [0, 0.1) is 0 Å². The number of nitrogens with zero attached hydrogens (tertiary/aromatic N) is 3. The Kier molecular flexibility index (Phi) is 5.06. The molecule has 6 nitrogen and oxygen atoms in total. The van der Waals surface area contributed by atoms with Gasteiger partial charge < -0.3 is 15.6 Å². The molecule has 114 valence electrons. The van der Waals surface area contributed by atoms with Gasteiger partial charge >= 0.3 is 0 Å². The van der Waals surface area contributed by atoms with E-state index in [2.05, 4.69) is 10.3 Å². The van der Waals surface area contributed by atoms with Crippen molar-refractivity contribution in [1.29, 1.82) is 0 Å². The molecule has 0 saturated heterocycles. The molecule has 0 aliphatic rings. The molecule has 1 aromatic heterocycles. The molecule has 2 rings (SSSR count). The molecule has 0 amide bonds. The van der Waals surface area contributed by atoms with E-state index in [1.807, 2.05) is 44.2 Å². The van der Waals surface area contributed by atoms with Crippen LogP contribution in [0.15, 0.2) is 36.5 Å². The van der Waals surface area contributed by atoms with Gasteiger partial charge in [-0.1, -0.05) is 35.5 Å². The first-order valence-corrected chi connectivity index (χ1v) is 6.94. The van der Waals surface area contributed by atoms with E-state index in [4.69, 9.17) is 10.5 Å². The minimum absolute atomic E-state index is 0.246. The van der Waals surface area contributed by atoms with Crippen LogP contribution in [0.2, 0.25) is 0 Å². The van der Waals surface area contributed by atoms with Gasteiger partial charge in [-0.25, -0.2) is 4.68 Å². The van der Waals surface area contributed by atoms with Crippen LogP contribution in [0.4, 0.5) is 0 Å². The van der Waals surface area contributed by atoms with Crippen molar-refractivity contribution in [1.82, 2.24) is 15.0 Å². The average Bonchev–Trinajstić information content (AvgIpc) is 2.88. The van der Waals surface area contributed by atoms with Crippen molar-refractivity contribution in [3.05, 3.63) is 47.8 Å². The predicted octanol–water partition coefficient (Wildman–Crippen LogP) is 1.05. The van der Waals surface area contributed by atoms with Gasteiger partial charge in [-0.3, -0.25) is 0 Å². The molecule has 0 bridgehead atoms. The highest BCUT2D eigenvalue weighted by Crippen LogP contribution is 2.12. The molecule has 0 fully saturated rings. The monoisotopic (exact) mass is 290 g/mol. The van der Waals surface area contributed by atoms with Crippen molar-refractivity contribution in [2.75, 3.05) is 6.61 Å². The number of hydrogen-bond acceptors (Lipinski definition) is 5. The standard InChI is InChI=1S/C15H22N4O2/c1-15(2,16)14-9-19(18-17-14)8-13(20)11-21-10-12-6-4-3-5-7-12/h3-7,9,13,20H,8,10-11,16H2,1-2H3. The predicted molar refractivity (Wildman–Crippen MR) is 79.3 cm³/mol. The van der Waals surface area contributed by atoms with Crippen LogP contribution in [0.5, 0.6) is 0 Å². The number of aliphatic hydroxyl groups excluding tert-OH is 1. The summed E-state index contributed by atoms with van der Waals surface area (Å²) in [5, 5.41) is 17.9. The minimum Gasteiger partial charge on any atom is -0.389 e. The number of benzene rings is 1. The Morgan fingerprint density at radius 1 is 1.33 bits per heavy atom. The summed E-state index contributed by atoms with van der Waals surface area (Å²) in [6.07, 6.45) is 1.12. The summed E-state index contributed by atoms with van der Waals surface area (Å²) in [6, 6.07) is 9.85. The van der Waals surface area contributed by atoms with E-state index in [0.29, 0.717) is 18.8 Å². The molecule has 3 N–H and O–H groups in total. The average molecular weight is 290 g/mol. The zero-order chi connectivity index (χ0) is 15.3. The molecule has 1 aromatic carbocycles. The van der Waals surface area contributed by atoms with Crippen LogP contribution < -0.4 is 5.73 Å². The van der Waals surface area contributed by atoms with Gasteiger partial charge in [-0.15, -0.1) is 5.10 Å². The molecule has 2 aromatic rings. The first-order valence-electron chi connectivity index (χ1n) is 6.94. The highest BCUT2D eigenvalue weighted by atomic mass is 16.5. The second-order valence-corrected chi connectivity index (χ2v) is 5.70. The molecule has 1 atom stereocenters. The van der Waals surface area contributed by atoms with Crippen molar-refractivity contribution in [3.8, 4) is 0 Å². The lowest BCUT2D eigenvalue weighted by atomic mass is 10.0. The fourth-order valence-electron chi connectivity index (χ4n) is 1.84. The van der Waals surface area contributed by atoms with Crippen LogP contribution in [0.1, 0.15) is 25.1 Å². The Hall–Kier alpha value is -1.76. The highest BCUT2D eigenvalue weighted by Gasteiger charge is 2.19. The third-order valence-electron chi connectivity index (χ3n) is 3.02. The topological polar surface area (TPSA) is 86.2 Å². The normalized spacial score (nSPS) is 13.3. The summed E-state index contributed by atoms with van der Waals surface area (Å²) in [4.78, 5) is 0. The largest absolute Gasteiger partial charge is 0.389 e. The lowest BCUT2D eigenvalue weighted by molar-refractivity contribution is 0.0184. The second kappa shape index (κ2) is 6.80. The Labute approximate surface area is 124 Å². The molecular weight excluding hydrogens is 268 g/mol. The molecule has 0 saturated carbocycles. The lowest BCUT2D eigenvalue weighted by Crippen LogP contribution is -2.29. The highest BCUT2D eigenvalue weighted by molar-refractivity contribution is 5.13. The van der Waals surface area contributed by atoms with Gasteiger partial charge in [0, 0.05) is 0 Å². The SMILES string of the molecule is CC(C)(N)c1cn(CC(O)COCc2ccccc2)nn1. The van der Waals surface area contributed by atoms with Crippen LogP contribution in [-0.2, 0) is 23.4 Å². The molecule has 0 radical (unpaired) electrons. The fraction of sp³-hybridized carbons (Fsp3) is 0.467. The van der Waals surface area contributed by atoms with Crippen LogP contribution >= 0.6 is 0 Å². The van der Waals surface area contributed by atoms with Crippen LogP contribution in [-0.4, -0.2) is 32.8 Å². The molecule has 0 aliphatic heterocycles. The maximum absolute atomic E-state index is 9.95. The fourth-order valence-corrected chi connectivity index (χ4v) is 1.84. The number of ether oxygens (including phenoxy) is 1. The first-order chi connectivity index (χ1) is 9.95. The Bertz CT molecular complexity index is 548. The van der Waals surface area contributed by atoms with Gasteiger partial charge in [-0.2, -0.15) is 0 Å². The molecule has 1 unspecified atom stereocenters. The Balaban J connectivity index is 1.77. The smallest absolute Gasteiger partial charge is 0.102 e. The molecular formula is C15H22N4O2. The zero-order valence-electron chi connectivity index (χ0n) is 12.4. The van der Waals surface area contributed by atoms with Gasteiger partial charge in [0.2, 0.25) is 0 Å². The van der Waals surface area contributed by atoms with Gasteiger partial charge in [0.15, 0.2) is 0 Å². The zero-order valence-corrected chi connectivity index (χ0v) is 12.4. The number of nitrogens with two attached hydrogens (primary N) is 1. The van der Waals surface area contributed by atoms with Gasteiger partial charge in [0.1, 0.15) is 5.69 Å². The third-order valence-corrected chi connectivity index (χ3v) is 3.02. The summed E-state index contributed by atoms with van der Waals surface area (Å²) in [5.74, 6) is 0. The lowest BCUT2D eigenvalue weighted by Gasteiger charge is -2.14. The van der Waals surface area contributed by atoms with Gasteiger partial charge in [0.25, 0.3) is 0 Å². The maximum Gasteiger partial charge on any atom is 0.102 e. The van der Waals surface area contributed by atoms with Crippen LogP contribution in [0.25, 0.3) is 0 Å². The Morgan fingerprint density at radius 2 is 2.05 bits per heavy atom. The maximum atomic E-state index is 9.95. The number of aliphatic hydroxyl groups is 1.